The van der Waals surface area contributed by atoms with E-state index in [1.807, 2.05) is 0 Å². The van der Waals surface area contributed by atoms with Gasteiger partial charge in [-0.2, -0.15) is 0 Å². The van der Waals surface area contributed by atoms with Crippen LogP contribution in [0.15, 0.2) is 12.1 Å². The second-order valence-electron chi connectivity index (χ2n) is 8.86. The van der Waals surface area contributed by atoms with Crippen LogP contribution in [0, 0.1) is 34.7 Å². The fourth-order valence-corrected chi connectivity index (χ4v) is 5.65. The Morgan fingerprint density at radius 1 is 0.846 bits per heavy atom. The molecule has 0 N–H and O–H groups in total. The summed E-state index contributed by atoms with van der Waals surface area (Å²) in [6.07, 6.45) is 16.1. The average Bonchev–Trinajstić information content (AvgIpc) is 2.66. The number of rotatable bonds is 6. The first kappa shape index (κ1) is 19.8. The molecule has 0 bridgehead atoms. The van der Waals surface area contributed by atoms with Crippen molar-refractivity contribution in [2.45, 2.75) is 90.4 Å². The van der Waals surface area contributed by atoms with Crippen molar-refractivity contribution in [1.82, 2.24) is 0 Å². The second-order valence-corrected chi connectivity index (χ2v) is 8.86. The lowest BCUT2D eigenvalue weighted by Gasteiger charge is -2.43. The standard InChI is InChI=1S/C23H33F3/c1-2-11-23(12-8-17-15-20(24)22(26)21(25)16-17)13-9-19(10-14-23)18-6-4-3-5-7-18/h15-16,18-19H,2-14H2,1H3. The summed E-state index contributed by atoms with van der Waals surface area (Å²) in [4.78, 5) is 0. The Bertz CT molecular complexity index is 558. The maximum atomic E-state index is 13.5. The van der Waals surface area contributed by atoms with Crippen LogP contribution in [0.3, 0.4) is 0 Å². The molecule has 1 aromatic carbocycles. The first-order chi connectivity index (χ1) is 12.5. The van der Waals surface area contributed by atoms with Crippen molar-refractivity contribution in [3.63, 3.8) is 0 Å². The van der Waals surface area contributed by atoms with E-state index >= 15 is 0 Å². The summed E-state index contributed by atoms with van der Waals surface area (Å²) in [6.45, 7) is 2.23. The number of benzene rings is 1. The molecule has 2 aliphatic carbocycles. The minimum Gasteiger partial charge on any atom is -0.204 e. The van der Waals surface area contributed by atoms with Crippen LogP contribution in [0.2, 0.25) is 0 Å². The lowest BCUT2D eigenvalue weighted by atomic mass is 9.62. The van der Waals surface area contributed by atoms with E-state index in [1.54, 1.807) is 0 Å². The van der Waals surface area contributed by atoms with Crippen molar-refractivity contribution in [2.75, 3.05) is 0 Å². The van der Waals surface area contributed by atoms with Gasteiger partial charge in [0.1, 0.15) is 0 Å². The van der Waals surface area contributed by atoms with Crippen molar-refractivity contribution in [2.24, 2.45) is 17.3 Å². The normalized spacial score (nSPS) is 27.6. The van der Waals surface area contributed by atoms with Crippen LogP contribution in [0.5, 0.6) is 0 Å². The van der Waals surface area contributed by atoms with Crippen molar-refractivity contribution in [3.8, 4) is 0 Å². The van der Waals surface area contributed by atoms with Crippen molar-refractivity contribution < 1.29 is 13.2 Å². The number of hydrogen-bond acceptors (Lipinski definition) is 0. The molecule has 0 radical (unpaired) electrons. The van der Waals surface area contributed by atoms with Crippen LogP contribution < -0.4 is 0 Å². The molecular formula is C23H33F3. The van der Waals surface area contributed by atoms with Crippen LogP contribution >= 0.6 is 0 Å². The highest BCUT2D eigenvalue weighted by Gasteiger charge is 2.36. The molecule has 0 heterocycles. The van der Waals surface area contributed by atoms with Gasteiger partial charge in [-0.15, -0.1) is 0 Å². The van der Waals surface area contributed by atoms with Gasteiger partial charge in [0.25, 0.3) is 0 Å². The summed E-state index contributed by atoms with van der Waals surface area (Å²) in [6, 6.07) is 2.34. The van der Waals surface area contributed by atoms with Gasteiger partial charge in [-0.25, -0.2) is 13.2 Å². The molecule has 2 fully saturated rings. The first-order valence-electron chi connectivity index (χ1n) is 10.7. The molecule has 0 spiro atoms. The molecule has 0 nitrogen and oxygen atoms in total. The second kappa shape index (κ2) is 8.80. The summed E-state index contributed by atoms with van der Waals surface area (Å²) >= 11 is 0. The molecule has 0 unspecified atom stereocenters. The predicted molar refractivity (Wildman–Crippen MR) is 101 cm³/mol. The van der Waals surface area contributed by atoms with E-state index in [2.05, 4.69) is 6.92 Å². The zero-order valence-corrected chi connectivity index (χ0v) is 16.1. The first-order valence-corrected chi connectivity index (χ1v) is 10.7. The smallest absolute Gasteiger partial charge is 0.194 e. The van der Waals surface area contributed by atoms with Gasteiger partial charge >= 0.3 is 0 Å². The maximum absolute atomic E-state index is 13.5. The summed E-state index contributed by atoms with van der Waals surface area (Å²) in [5.41, 5.74) is 0.896. The van der Waals surface area contributed by atoms with Crippen molar-refractivity contribution >= 4 is 0 Å². The SMILES string of the molecule is CCCC1(CCc2cc(F)c(F)c(F)c2)CCC(C2CCCCC2)CC1. The van der Waals surface area contributed by atoms with Crippen LogP contribution in [0.4, 0.5) is 13.2 Å². The summed E-state index contributed by atoms with van der Waals surface area (Å²) in [5, 5.41) is 0. The van der Waals surface area contributed by atoms with E-state index in [9.17, 15) is 13.2 Å². The molecule has 146 valence electrons. The fraction of sp³-hybridized carbons (Fsp3) is 0.739. The van der Waals surface area contributed by atoms with Gasteiger partial charge in [0.2, 0.25) is 0 Å². The van der Waals surface area contributed by atoms with Gasteiger partial charge in [-0.1, -0.05) is 45.4 Å². The van der Waals surface area contributed by atoms with E-state index < -0.39 is 17.5 Å². The zero-order chi connectivity index (χ0) is 18.6. The molecule has 26 heavy (non-hydrogen) atoms. The third-order valence-corrected chi connectivity index (χ3v) is 7.18. The molecule has 0 saturated heterocycles. The molecule has 3 rings (SSSR count). The van der Waals surface area contributed by atoms with Crippen LogP contribution in [0.25, 0.3) is 0 Å². The minimum absolute atomic E-state index is 0.307. The van der Waals surface area contributed by atoms with E-state index in [4.69, 9.17) is 0 Å². The molecule has 0 atom stereocenters. The lowest BCUT2D eigenvalue weighted by Crippen LogP contribution is -2.31. The summed E-state index contributed by atoms with van der Waals surface area (Å²) in [7, 11) is 0. The topological polar surface area (TPSA) is 0 Å². The third-order valence-electron chi connectivity index (χ3n) is 7.18. The van der Waals surface area contributed by atoms with Gasteiger partial charge in [0.05, 0.1) is 0 Å². The van der Waals surface area contributed by atoms with Crippen LogP contribution in [0.1, 0.15) is 89.5 Å². The van der Waals surface area contributed by atoms with Crippen LogP contribution in [-0.2, 0) is 6.42 Å². The summed E-state index contributed by atoms with van der Waals surface area (Å²) < 4.78 is 40.2. The highest BCUT2D eigenvalue weighted by atomic mass is 19.2. The highest BCUT2D eigenvalue weighted by molar-refractivity contribution is 5.19. The fourth-order valence-electron chi connectivity index (χ4n) is 5.65. The van der Waals surface area contributed by atoms with Gasteiger partial charge in [0, 0.05) is 0 Å². The predicted octanol–water partition coefficient (Wildman–Crippen LogP) is 7.59. The van der Waals surface area contributed by atoms with Crippen molar-refractivity contribution in [3.05, 3.63) is 35.1 Å². The van der Waals surface area contributed by atoms with Crippen molar-refractivity contribution in [1.29, 1.82) is 0 Å². The van der Waals surface area contributed by atoms with E-state index in [0.717, 1.165) is 24.7 Å². The Balaban J connectivity index is 1.60. The lowest BCUT2D eigenvalue weighted by molar-refractivity contribution is 0.0854. The molecule has 3 heteroatoms. The number of hydrogen-bond donors (Lipinski definition) is 0. The largest absolute Gasteiger partial charge is 0.204 e. The van der Waals surface area contributed by atoms with E-state index in [-0.39, 0.29) is 0 Å². The number of aryl methyl sites for hydroxylation is 1. The maximum Gasteiger partial charge on any atom is 0.194 e. The molecule has 0 aromatic heterocycles. The third kappa shape index (κ3) is 4.64. The Morgan fingerprint density at radius 3 is 2.00 bits per heavy atom. The van der Waals surface area contributed by atoms with E-state index in [1.165, 1.54) is 76.3 Å². The quantitative estimate of drug-likeness (QED) is 0.455. The molecule has 0 amide bonds. The van der Waals surface area contributed by atoms with Crippen LogP contribution in [-0.4, -0.2) is 0 Å². The minimum atomic E-state index is -1.36. The molecule has 1 aromatic rings. The Hall–Kier alpha value is -0.990. The van der Waals surface area contributed by atoms with Gasteiger partial charge in [-0.3, -0.25) is 0 Å². The Kier molecular flexibility index (Phi) is 6.69. The Morgan fingerprint density at radius 2 is 1.42 bits per heavy atom. The average molecular weight is 367 g/mol. The molecule has 0 aliphatic heterocycles. The van der Waals surface area contributed by atoms with E-state index in [0.29, 0.717) is 17.4 Å². The molecule has 2 saturated carbocycles. The monoisotopic (exact) mass is 366 g/mol. The Labute approximate surface area is 156 Å². The zero-order valence-electron chi connectivity index (χ0n) is 16.1. The van der Waals surface area contributed by atoms with Gasteiger partial charge in [-0.05, 0) is 79.9 Å². The molecule has 2 aliphatic rings. The summed E-state index contributed by atoms with van der Waals surface area (Å²) in [5.74, 6) is -1.66. The number of halogens is 3. The van der Waals surface area contributed by atoms with Gasteiger partial charge < -0.3 is 0 Å². The van der Waals surface area contributed by atoms with Gasteiger partial charge in [0.15, 0.2) is 17.5 Å². The highest BCUT2D eigenvalue weighted by Crippen LogP contribution is 2.49. The molecular weight excluding hydrogens is 333 g/mol.